The number of carbonyl (C=O) groups excluding carboxylic acids is 1. The summed E-state index contributed by atoms with van der Waals surface area (Å²) in [5.41, 5.74) is 1.85. The van der Waals surface area contributed by atoms with Gasteiger partial charge >= 0.3 is 0 Å². The van der Waals surface area contributed by atoms with Gasteiger partial charge in [-0.2, -0.15) is 0 Å². The molecule has 2 rings (SSSR count). The van der Waals surface area contributed by atoms with Crippen LogP contribution in [0, 0.1) is 6.92 Å². The Morgan fingerprint density at radius 2 is 2.22 bits per heavy atom. The minimum atomic E-state index is 0.00287. The number of hydrogen-bond donors (Lipinski definition) is 0. The molecular formula is C13H20N4O. The van der Waals surface area contributed by atoms with Crippen LogP contribution in [0.4, 0.5) is 0 Å². The second-order valence-electron chi connectivity index (χ2n) is 5.01. The number of nitrogens with zero attached hydrogens (tertiary/aromatic N) is 4. The van der Waals surface area contributed by atoms with Crippen LogP contribution < -0.4 is 0 Å². The van der Waals surface area contributed by atoms with Gasteiger partial charge < -0.3 is 4.90 Å². The summed E-state index contributed by atoms with van der Waals surface area (Å²) in [6.07, 6.45) is 5.58. The van der Waals surface area contributed by atoms with Crippen molar-refractivity contribution in [3.8, 4) is 0 Å². The Kier molecular flexibility index (Phi) is 3.91. The Labute approximate surface area is 108 Å². The molecule has 0 aromatic carbocycles. The van der Waals surface area contributed by atoms with Gasteiger partial charge in [0, 0.05) is 33.0 Å². The van der Waals surface area contributed by atoms with Crippen molar-refractivity contribution in [3.63, 3.8) is 0 Å². The zero-order valence-electron chi connectivity index (χ0n) is 11.3. The third-order valence-corrected chi connectivity index (χ3v) is 3.29. The molecule has 1 amide bonds. The fourth-order valence-corrected chi connectivity index (χ4v) is 2.30. The molecule has 5 nitrogen and oxygen atoms in total. The number of carbonyl (C=O) groups is 1. The van der Waals surface area contributed by atoms with E-state index in [1.165, 1.54) is 0 Å². The quantitative estimate of drug-likeness (QED) is 0.795. The zero-order chi connectivity index (χ0) is 13.1. The van der Waals surface area contributed by atoms with E-state index in [1.54, 1.807) is 17.3 Å². The van der Waals surface area contributed by atoms with E-state index in [1.807, 2.05) is 21.0 Å². The molecule has 1 saturated heterocycles. The number of aryl methyl sites for hydroxylation is 1. The van der Waals surface area contributed by atoms with Crippen LogP contribution in [-0.4, -0.2) is 52.4 Å². The van der Waals surface area contributed by atoms with E-state index in [9.17, 15) is 4.79 Å². The number of amides is 1. The SMILES string of the molecule is Cc1cnc(CN2CCCC2C(=O)N(C)C)cn1. The summed E-state index contributed by atoms with van der Waals surface area (Å²) in [5, 5.41) is 0. The summed E-state index contributed by atoms with van der Waals surface area (Å²) in [4.78, 5) is 24.5. The average molecular weight is 248 g/mol. The first-order valence-electron chi connectivity index (χ1n) is 6.30. The topological polar surface area (TPSA) is 49.3 Å². The highest BCUT2D eigenvalue weighted by molar-refractivity contribution is 5.81. The lowest BCUT2D eigenvalue weighted by atomic mass is 10.2. The third kappa shape index (κ3) is 2.85. The van der Waals surface area contributed by atoms with Crippen molar-refractivity contribution >= 4 is 5.91 Å². The van der Waals surface area contributed by atoms with E-state index >= 15 is 0 Å². The summed E-state index contributed by atoms with van der Waals surface area (Å²) in [5.74, 6) is 0.188. The zero-order valence-corrected chi connectivity index (χ0v) is 11.3. The maximum atomic E-state index is 12.0. The molecule has 1 aromatic rings. The van der Waals surface area contributed by atoms with Gasteiger partial charge in [0.05, 0.1) is 17.4 Å². The average Bonchev–Trinajstić information content (AvgIpc) is 2.79. The summed E-state index contributed by atoms with van der Waals surface area (Å²) >= 11 is 0. The fraction of sp³-hybridized carbons (Fsp3) is 0.615. The highest BCUT2D eigenvalue weighted by Crippen LogP contribution is 2.20. The van der Waals surface area contributed by atoms with Crippen molar-refractivity contribution in [2.75, 3.05) is 20.6 Å². The maximum absolute atomic E-state index is 12.0. The number of rotatable bonds is 3. The molecule has 0 saturated carbocycles. The third-order valence-electron chi connectivity index (χ3n) is 3.29. The first-order chi connectivity index (χ1) is 8.58. The fourth-order valence-electron chi connectivity index (χ4n) is 2.30. The molecule has 1 aromatic heterocycles. The molecule has 0 aliphatic carbocycles. The van der Waals surface area contributed by atoms with Crippen LogP contribution in [0.1, 0.15) is 24.2 Å². The summed E-state index contributed by atoms with van der Waals surface area (Å²) in [6.45, 7) is 3.59. The first kappa shape index (κ1) is 13.0. The minimum absolute atomic E-state index is 0.00287. The molecule has 0 bridgehead atoms. The Bertz CT molecular complexity index is 416. The van der Waals surface area contributed by atoms with E-state index in [2.05, 4.69) is 14.9 Å². The molecule has 0 spiro atoms. The largest absolute Gasteiger partial charge is 0.347 e. The molecule has 98 valence electrons. The Morgan fingerprint density at radius 3 is 2.83 bits per heavy atom. The molecule has 2 heterocycles. The van der Waals surface area contributed by atoms with Crippen molar-refractivity contribution in [1.82, 2.24) is 19.8 Å². The smallest absolute Gasteiger partial charge is 0.239 e. The molecule has 0 N–H and O–H groups in total. The number of aromatic nitrogens is 2. The highest BCUT2D eigenvalue weighted by Gasteiger charge is 2.31. The molecule has 1 aliphatic rings. The van der Waals surface area contributed by atoms with Crippen LogP contribution in [0.5, 0.6) is 0 Å². The number of likely N-dealkylation sites (tertiary alicyclic amines) is 1. The summed E-state index contributed by atoms with van der Waals surface area (Å²) in [7, 11) is 3.62. The van der Waals surface area contributed by atoms with Crippen LogP contribution in [0.25, 0.3) is 0 Å². The molecule has 1 unspecified atom stereocenters. The van der Waals surface area contributed by atoms with Crippen molar-refractivity contribution < 1.29 is 4.79 Å². The van der Waals surface area contributed by atoms with Gasteiger partial charge in [-0.15, -0.1) is 0 Å². The molecule has 1 atom stereocenters. The Hall–Kier alpha value is -1.49. The van der Waals surface area contributed by atoms with E-state index in [0.717, 1.165) is 30.8 Å². The monoisotopic (exact) mass is 248 g/mol. The van der Waals surface area contributed by atoms with Crippen LogP contribution in [0.15, 0.2) is 12.4 Å². The molecular weight excluding hydrogens is 228 g/mol. The van der Waals surface area contributed by atoms with E-state index < -0.39 is 0 Å². The lowest BCUT2D eigenvalue weighted by molar-refractivity contribution is -0.133. The minimum Gasteiger partial charge on any atom is -0.347 e. The van der Waals surface area contributed by atoms with Gasteiger partial charge in [0.15, 0.2) is 0 Å². The van der Waals surface area contributed by atoms with Crippen LogP contribution in [0.3, 0.4) is 0 Å². The van der Waals surface area contributed by atoms with Gasteiger partial charge in [-0.25, -0.2) is 0 Å². The van der Waals surface area contributed by atoms with Crippen molar-refractivity contribution in [1.29, 1.82) is 0 Å². The molecule has 5 heteroatoms. The van der Waals surface area contributed by atoms with Crippen LogP contribution >= 0.6 is 0 Å². The van der Waals surface area contributed by atoms with Gasteiger partial charge in [0.2, 0.25) is 5.91 Å². The number of hydrogen-bond acceptors (Lipinski definition) is 4. The normalized spacial score (nSPS) is 20.1. The number of likely N-dealkylation sites (N-methyl/N-ethyl adjacent to an activating group) is 1. The first-order valence-corrected chi connectivity index (χ1v) is 6.30. The highest BCUT2D eigenvalue weighted by atomic mass is 16.2. The van der Waals surface area contributed by atoms with Crippen molar-refractivity contribution in [3.05, 3.63) is 23.8 Å². The van der Waals surface area contributed by atoms with Crippen LogP contribution in [-0.2, 0) is 11.3 Å². The second kappa shape index (κ2) is 5.44. The second-order valence-corrected chi connectivity index (χ2v) is 5.01. The predicted octanol–water partition coefficient (Wildman–Crippen LogP) is 0.838. The summed E-state index contributed by atoms with van der Waals surface area (Å²) < 4.78 is 0. The van der Waals surface area contributed by atoms with Crippen molar-refractivity contribution in [2.45, 2.75) is 32.4 Å². The van der Waals surface area contributed by atoms with E-state index in [0.29, 0.717) is 6.54 Å². The maximum Gasteiger partial charge on any atom is 0.239 e. The molecule has 1 aliphatic heterocycles. The van der Waals surface area contributed by atoms with Gasteiger partial charge in [0.25, 0.3) is 0 Å². The predicted molar refractivity (Wildman–Crippen MR) is 68.9 cm³/mol. The molecule has 0 radical (unpaired) electrons. The lowest BCUT2D eigenvalue weighted by Crippen LogP contribution is -2.42. The van der Waals surface area contributed by atoms with Gasteiger partial charge in [0.1, 0.15) is 0 Å². The van der Waals surface area contributed by atoms with Gasteiger partial charge in [-0.1, -0.05) is 0 Å². The Balaban J connectivity index is 2.04. The van der Waals surface area contributed by atoms with Gasteiger partial charge in [-0.3, -0.25) is 19.7 Å². The standard InChI is InChI=1S/C13H20N4O/c1-10-7-15-11(8-14-10)9-17-6-4-5-12(17)13(18)16(2)3/h7-8,12H,4-6,9H2,1-3H3. The van der Waals surface area contributed by atoms with E-state index in [4.69, 9.17) is 0 Å². The van der Waals surface area contributed by atoms with Crippen molar-refractivity contribution in [2.24, 2.45) is 0 Å². The summed E-state index contributed by atoms with van der Waals surface area (Å²) in [6, 6.07) is 0.00287. The van der Waals surface area contributed by atoms with E-state index in [-0.39, 0.29) is 11.9 Å². The van der Waals surface area contributed by atoms with Crippen LogP contribution in [0.2, 0.25) is 0 Å². The van der Waals surface area contributed by atoms with Gasteiger partial charge in [-0.05, 0) is 26.3 Å². The molecule has 18 heavy (non-hydrogen) atoms. The molecule has 1 fully saturated rings. The lowest BCUT2D eigenvalue weighted by Gasteiger charge is -2.25. The Morgan fingerprint density at radius 1 is 1.44 bits per heavy atom.